The van der Waals surface area contributed by atoms with Gasteiger partial charge in [-0.2, -0.15) is 15.3 Å². The Bertz CT molecular complexity index is 2650. The van der Waals surface area contributed by atoms with E-state index in [1.807, 2.05) is 50.5 Å². The second kappa shape index (κ2) is 14.4. The topological polar surface area (TPSA) is 144 Å². The highest BCUT2D eigenvalue weighted by atomic mass is 19.1. The van der Waals surface area contributed by atoms with Gasteiger partial charge in [-0.3, -0.25) is 24.0 Å². The predicted octanol–water partition coefficient (Wildman–Crippen LogP) is 4.59. The van der Waals surface area contributed by atoms with Gasteiger partial charge in [0, 0.05) is 79.6 Å². The molecule has 5 heterocycles. The average Bonchev–Trinajstić information content (AvgIpc) is 3.63. The summed E-state index contributed by atoms with van der Waals surface area (Å²) in [5.74, 6) is -0.317. The number of aryl methyl sites for hydroxylation is 1. The van der Waals surface area contributed by atoms with Crippen LogP contribution in [0.15, 0.2) is 107 Å². The standard InChI is InChI=1S/C40H36FN9O4/c1-25-23-48(15-16-49(25)40(53)32-19-26(7-10-33(32)41)20-36-29-5-3-4-6-30(29)39(52)45-44-36)28-8-9-31-35(21-28)42-14-13-37(31)54-18-17-50-38(51)12-11-34(46-50)27-22-43-47(2)24-27/h3-14,19,21-22,24-25H,15-18,20,23H2,1-2H3,(H,45,52). The maximum absolute atomic E-state index is 15.2. The van der Waals surface area contributed by atoms with Crippen LogP contribution in [0.5, 0.6) is 5.75 Å². The maximum atomic E-state index is 15.2. The van der Waals surface area contributed by atoms with Crippen LogP contribution in [0.25, 0.3) is 32.9 Å². The number of nitrogens with one attached hydrogen (secondary N) is 1. The van der Waals surface area contributed by atoms with E-state index in [2.05, 4.69) is 30.3 Å². The first-order valence-electron chi connectivity index (χ1n) is 17.6. The van der Waals surface area contributed by atoms with E-state index in [0.29, 0.717) is 59.5 Å². The van der Waals surface area contributed by atoms with E-state index < -0.39 is 5.82 Å². The van der Waals surface area contributed by atoms with Crippen LogP contribution >= 0.6 is 0 Å². The number of halogens is 1. The molecule has 13 nitrogen and oxygen atoms in total. The minimum atomic E-state index is -0.585. The molecule has 1 amide bonds. The zero-order valence-electron chi connectivity index (χ0n) is 29.6. The van der Waals surface area contributed by atoms with Crippen molar-refractivity contribution in [2.75, 3.05) is 31.1 Å². The van der Waals surface area contributed by atoms with Gasteiger partial charge in [0.05, 0.1) is 40.6 Å². The molecule has 0 saturated carbocycles. The number of pyridine rings is 1. The second-order valence-electron chi connectivity index (χ2n) is 13.4. The molecule has 1 saturated heterocycles. The number of aromatic amines is 1. The van der Waals surface area contributed by atoms with Crippen molar-refractivity contribution in [3.8, 4) is 17.0 Å². The Hall–Kier alpha value is -6.70. The summed E-state index contributed by atoms with van der Waals surface area (Å²) in [6, 6.07) is 22.5. The van der Waals surface area contributed by atoms with E-state index in [1.165, 1.54) is 16.8 Å². The van der Waals surface area contributed by atoms with Crippen LogP contribution in [-0.2, 0) is 20.0 Å². The zero-order chi connectivity index (χ0) is 37.3. The van der Waals surface area contributed by atoms with Gasteiger partial charge in [-0.05, 0) is 61.0 Å². The second-order valence-corrected chi connectivity index (χ2v) is 13.4. The van der Waals surface area contributed by atoms with Crippen LogP contribution in [0.3, 0.4) is 0 Å². The van der Waals surface area contributed by atoms with Gasteiger partial charge < -0.3 is 14.5 Å². The fourth-order valence-electron chi connectivity index (χ4n) is 6.99. The Kier molecular flexibility index (Phi) is 9.15. The molecule has 7 aromatic rings. The number of nitrogens with zero attached hydrogens (tertiary/aromatic N) is 8. The molecule has 1 fully saturated rings. The highest BCUT2D eigenvalue weighted by Crippen LogP contribution is 2.30. The molecule has 272 valence electrons. The number of hydrogen-bond donors (Lipinski definition) is 1. The molecule has 0 aliphatic carbocycles. The van der Waals surface area contributed by atoms with Gasteiger partial charge in [0.1, 0.15) is 18.2 Å². The Morgan fingerprint density at radius 1 is 0.981 bits per heavy atom. The minimum absolute atomic E-state index is 0.00539. The molecule has 1 aliphatic rings. The van der Waals surface area contributed by atoms with Gasteiger partial charge in [0.25, 0.3) is 17.0 Å². The summed E-state index contributed by atoms with van der Waals surface area (Å²) in [6.45, 7) is 3.93. The molecule has 1 aliphatic heterocycles. The van der Waals surface area contributed by atoms with Gasteiger partial charge in [0.15, 0.2) is 0 Å². The highest BCUT2D eigenvalue weighted by molar-refractivity contribution is 5.95. The van der Waals surface area contributed by atoms with Crippen molar-refractivity contribution in [1.29, 1.82) is 0 Å². The highest BCUT2D eigenvalue weighted by Gasteiger charge is 2.30. The fraction of sp³-hybridized carbons (Fsp3) is 0.225. The van der Waals surface area contributed by atoms with E-state index in [4.69, 9.17) is 4.74 Å². The van der Waals surface area contributed by atoms with Crippen LogP contribution < -0.4 is 20.8 Å². The van der Waals surface area contributed by atoms with Crippen molar-refractivity contribution in [2.45, 2.75) is 25.9 Å². The van der Waals surface area contributed by atoms with Crippen LogP contribution in [0, 0.1) is 5.82 Å². The van der Waals surface area contributed by atoms with Crippen LogP contribution in [0.4, 0.5) is 10.1 Å². The number of carbonyl (C=O) groups is 1. The van der Waals surface area contributed by atoms with Crippen LogP contribution in [-0.4, -0.2) is 77.8 Å². The Labute approximate surface area is 308 Å². The number of hydrogen-bond acceptors (Lipinski definition) is 9. The number of aromatic nitrogens is 7. The number of rotatable bonds is 9. The molecule has 8 rings (SSSR count). The number of fused-ring (bicyclic) bond motifs is 2. The van der Waals surface area contributed by atoms with E-state index in [-0.39, 0.29) is 41.8 Å². The number of anilines is 1. The molecule has 1 unspecified atom stereocenters. The summed E-state index contributed by atoms with van der Waals surface area (Å²) >= 11 is 0. The molecule has 1 N–H and O–H groups in total. The third-order valence-electron chi connectivity index (χ3n) is 9.78. The number of H-pyrrole nitrogens is 1. The first-order valence-corrected chi connectivity index (χ1v) is 17.6. The van der Waals surface area contributed by atoms with E-state index in [9.17, 15) is 14.4 Å². The Balaban J connectivity index is 0.928. The SMILES string of the molecule is CC1CN(c2ccc3c(OCCn4nc(-c5cnn(C)c5)ccc4=O)ccnc3c2)CCN1C(=O)c1cc(Cc2n[nH]c(=O)c3ccccc23)ccc1F. The molecule has 0 radical (unpaired) electrons. The largest absolute Gasteiger partial charge is 0.491 e. The summed E-state index contributed by atoms with van der Waals surface area (Å²) < 4.78 is 24.4. The number of carbonyl (C=O) groups excluding carboxylic acids is 1. The molecule has 0 spiro atoms. The summed E-state index contributed by atoms with van der Waals surface area (Å²) in [5.41, 5.74) is 4.01. The number of piperazine rings is 1. The quantitative estimate of drug-likeness (QED) is 0.226. The third-order valence-corrected chi connectivity index (χ3v) is 9.78. The number of amides is 1. The Morgan fingerprint density at radius 3 is 2.65 bits per heavy atom. The first kappa shape index (κ1) is 34.4. The van der Waals surface area contributed by atoms with Crippen molar-refractivity contribution in [2.24, 2.45) is 7.05 Å². The lowest BCUT2D eigenvalue weighted by Gasteiger charge is -2.41. The third kappa shape index (κ3) is 6.80. The smallest absolute Gasteiger partial charge is 0.272 e. The average molecular weight is 726 g/mol. The first-order chi connectivity index (χ1) is 26.2. The molecular weight excluding hydrogens is 689 g/mol. The molecular formula is C40H36FN9O4. The minimum Gasteiger partial charge on any atom is -0.491 e. The summed E-state index contributed by atoms with van der Waals surface area (Å²) in [4.78, 5) is 47.0. The monoisotopic (exact) mass is 725 g/mol. The lowest BCUT2D eigenvalue weighted by Crippen LogP contribution is -2.54. The van der Waals surface area contributed by atoms with Crippen molar-refractivity contribution < 1.29 is 13.9 Å². The summed E-state index contributed by atoms with van der Waals surface area (Å²) in [7, 11) is 1.82. The van der Waals surface area contributed by atoms with Crippen molar-refractivity contribution >= 4 is 33.3 Å². The maximum Gasteiger partial charge on any atom is 0.272 e. The van der Waals surface area contributed by atoms with Crippen molar-refractivity contribution in [3.05, 3.63) is 141 Å². The van der Waals surface area contributed by atoms with Gasteiger partial charge in [0.2, 0.25) is 0 Å². The molecule has 1 atom stereocenters. The predicted molar refractivity (Wildman–Crippen MR) is 202 cm³/mol. The molecule has 4 aromatic heterocycles. The molecule has 3 aromatic carbocycles. The van der Waals surface area contributed by atoms with Gasteiger partial charge in [-0.25, -0.2) is 14.2 Å². The number of ether oxygens (including phenoxy) is 1. The van der Waals surface area contributed by atoms with E-state index >= 15 is 4.39 Å². The van der Waals surface area contributed by atoms with Gasteiger partial charge >= 0.3 is 0 Å². The van der Waals surface area contributed by atoms with Gasteiger partial charge in [-0.15, -0.1) is 0 Å². The van der Waals surface area contributed by atoms with E-state index in [1.54, 1.807) is 58.4 Å². The van der Waals surface area contributed by atoms with E-state index in [0.717, 1.165) is 22.2 Å². The molecule has 0 bridgehead atoms. The molecule has 54 heavy (non-hydrogen) atoms. The van der Waals surface area contributed by atoms with Crippen LogP contribution in [0.2, 0.25) is 0 Å². The lowest BCUT2D eigenvalue weighted by atomic mass is 10.0. The molecule has 14 heteroatoms. The van der Waals surface area contributed by atoms with Crippen LogP contribution in [0.1, 0.15) is 28.5 Å². The zero-order valence-corrected chi connectivity index (χ0v) is 29.6. The van der Waals surface area contributed by atoms with Crippen molar-refractivity contribution in [3.63, 3.8) is 0 Å². The Morgan fingerprint density at radius 2 is 1.83 bits per heavy atom. The fourth-order valence-corrected chi connectivity index (χ4v) is 6.99. The normalized spacial score (nSPS) is 14.5. The number of benzene rings is 3. The summed E-state index contributed by atoms with van der Waals surface area (Å²) in [5, 5.41) is 17.5. The summed E-state index contributed by atoms with van der Waals surface area (Å²) in [6.07, 6.45) is 5.55. The van der Waals surface area contributed by atoms with Crippen molar-refractivity contribution in [1.82, 2.24) is 39.6 Å². The lowest BCUT2D eigenvalue weighted by molar-refractivity contribution is 0.0669. The van der Waals surface area contributed by atoms with Gasteiger partial charge in [-0.1, -0.05) is 24.3 Å².